The van der Waals surface area contributed by atoms with Crippen molar-refractivity contribution in [2.24, 2.45) is 0 Å². The van der Waals surface area contributed by atoms with E-state index in [-0.39, 0.29) is 18.6 Å². The summed E-state index contributed by atoms with van der Waals surface area (Å²) in [5, 5.41) is 15.8. The van der Waals surface area contributed by atoms with Crippen molar-refractivity contribution in [3.63, 3.8) is 0 Å². The smallest absolute Gasteiger partial charge is 0.135 e. The van der Waals surface area contributed by atoms with Gasteiger partial charge in [0.2, 0.25) is 0 Å². The standard InChI is InChI=1S/C15H28N4O/c1-6-12(8-9-20)17-15-11(5)14(16-7-2)18-13(19-15)10(3)4/h10,12,20H,6-9H2,1-5H3,(H2,16,17,18,19). The van der Waals surface area contributed by atoms with Crippen molar-refractivity contribution in [3.8, 4) is 0 Å². The van der Waals surface area contributed by atoms with Crippen LogP contribution >= 0.6 is 0 Å². The Balaban J connectivity index is 3.09. The Labute approximate surface area is 122 Å². The predicted molar refractivity (Wildman–Crippen MR) is 84.4 cm³/mol. The number of aliphatic hydroxyl groups excluding tert-OH is 1. The fourth-order valence-electron chi connectivity index (χ4n) is 2.00. The minimum absolute atomic E-state index is 0.187. The molecule has 1 heterocycles. The van der Waals surface area contributed by atoms with Crippen molar-refractivity contribution < 1.29 is 5.11 Å². The van der Waals surface area contributed by atoms with Crippen LogP contribution in [-0.2, 0) is 0 Å². The summed E-state index contributed by atoms with van der Waals surface area (Å²) in [6, 6.07) is 0.239. The summed E-state index contributed by atoms with van der Waals surface area (Å²) in [6.45, 7) is 11.4. The largest absolute Gasteiger partial charge is 0.396 e. The average Bonchev–Trinajstić information content (AvgIpc) is 2.42. The van der Waals surface area contributed by atoms with Crippen molar-refractivity contribution in [1.82, 2.24) is 9.97 Å². The van der Waals surface area contributed by atoms with Crippen molar-refractivity contribution >= 4 is 11.6 Å². The topological polar surface area (TPSA) is 70.1 Å². The molecule has 0 radical (unpaired) electrons. The van der Waals surface area contributed by atoms with E-state index in [1.54, 1.807) is 0 Å². The van der Waals surface area contributed by atoms with Gasteiger partial charge >= 0.3 is 0 Å². The maximum Gasteiger partial charge on any atom is 0.135 e. The lowest BCUT2D eigenvalue weighted by Crippen LogP contribution is -2.22. The quantitative estimate of drug-likeness (QED) is 0.683. The number of anilines is 2. The molecule has 5 heteroatoms. The minimum Gasteiger partial charge on any atom is -0.396 e. The summed E-state index contributed by atoms with van der Waals surface area (Å²) >= 11 is 0. The highest BCUT2D eigenvalue weighted by atomic mass is 16.3. The third-order valence-corrected chi connectivity index (χ3v) is 3.33. The molecule has 0 saturated heterocycles. The molecule has 0 spiro atoms. The molecule has 0 saturated carbocycles. The van der Waals surface area contributed by atoms with Crippen LogP contribution in [0, 0.1) is 6.92 Å². The molecule has 0 aromatic carbocycles. The number of nitrogens with one attached hydrogen (secondary N) is 2. The first-order valence-electron chi connectivity index (χ1n) is 7.53. The second kappa shape index (κ2) is 8.04. The van der Waals surface area contributed by atoms with Gasteiger partial charge in [0, 0.05) is 30.7 Å². The normalized spacial score (nSPS) is 12.6. The molecule has 1 aromatic rings. The summed E-state index contributed by atoms with van der Waals surface area (Å²) in [5.74, 6) is 2.90. The van der Waals surface area contributed by atoms with Gasteiger partial charge < -0.3 is 15.7 Å². The Bertz CT molecular complexity index is 421. The van der Waals surface area contributed by atoms with E-state index in [0.717, 1.165) is 42.4 Å². The molecule has 3 N–H and O–H groups in total. The average molecular weight is 280 g/mol. The second-order valence-corrected chi connectivity index (χ2v) is 5.35. The molecule has 1 unspecified atom stereocenters. The summed E-state index contributed by atoms with van der Waals surface area (Å²) in [7, 11) is 0. The zero-order chi connectivity index (χ0) is 15.1. The molecule has 0 aliphatic heterocycles. The molecule has 0 aliphatic carbocycles. The Kier molecular flexibility index (Phi) is 6.71. The van der Waals surface area contributed by atoms with Crippen LogP contribution in [0.15, 0.2) is 0 Å². The highest BCUT2D eigenvalue weighted by molar-refractivity contribution is 5.57. The Morgan fingerprint density at radius 3 is 2.30 bits per heavy atom. The van der Waals surface area contributed by atoms with Gasteiger partial charge in [-0.1, -0.05) is 20.8 Å². The molecule has 1 rings (SSSR count). The van der Waals surface area contributed by atoms with Crippen LogP contribution < -0.4 is 10.6 Å². The van der Waals surface area contributed by atoms with Gasteiger partial charge in [-0.15, -0.1) is 0 Å². The molecule has 20 heavy (non-hydrogen) atoms. The highest BCUT2D eigenvalue weighted by Crippen LogP contribution is 2.24. The van der Waals surface area contributed by atoms with Crippen molar-refractivity contribution in [2.75, 3.05) is 23.8 Å². The van der Waals surface area contributed by atoms with E-state index >= 15 is 0 Å². The zero-order valence-corrected chi connectivity index (χ0v) is 13.3. The molecule has 0 bridgehead atoms. The van der Waals surface area contributed by atoms with Crippen LogP contribution in [0.25, 0.3) is 0 Å². The summed E-state index contributed by atoms with van der Waals surface area (Å²) < 4.78 is 0. The molecule has 114 valence electrons. The van der Waals surface area contributed by atoms with Gasteiger partial charge in [0.05, 0.1) is 0 Å². The highest BCUT2D eigenvalue weighted by Gasteiger charge is 2.15. The summed E-state index contributed by atoms with van der Waals surface area (Å²) in [5.41, 5.74) is 1.03. The zero-order valence-electron chi connectivity index (χ0n) is 13.3. The van der Waals surface area contributed by atoms with E-state index in [9.17, 15) is 0 Å². The van der Waals surface area contributed by atoms with Gasteiger partial charge in [-0.05, 0) is 26.7 Å². The Hall–Kier alpha value is -1.36. The molecular weight excluding hydrogens is 252 g/mol. The van der Waals surface area contributed by atoms with E-state index in [1.165, 1.54) is 0 Å². The number of hydrogen-bond donors (Lipinski definition) is 3. The van der Waals surface area contributed by atoms with E-state index < -0.39 is 0 Å². The molecular formula is C15H28N4O. The first-order valence-corrected chi connectivity index (χ1v) is 7.53. The number of rotatable bonds is 8. The Morgan fingerprint density at radius 2 is 1.80 bits per heavy atom. The second-order valence-electron chi connectivity index (χ2n) is 5.35. The fraction of sp³-hybridized carbons (Fsp3) is 0.733. The van der Waals surface area contributed by atoms with E-state index in [0.29, 0.717) is 0 Å². The Morgan fingerprint density at radius 1 is 1.15 bits per heavy atom. The monoisotopic (exact) mass is 280 g/mol. The number of nitrogens with zero attached hydrogens (tertiary/aromatic N) is 2. The van der Waals surface area contributed by atoms with Gasteiger partial charge in [0.25, 0.3) is 0 Å². The van der Waals surface area contributed by atoms with Crippen molar-refractivity contribution in [1.29, 1.82) is 0 Å². The van der Waals surface area contributed by atoms with Gasteiger partial charge in [-0.2, -0.15) is 0 Å². The van der Waals surface area contributed by atoms with Crippen LogP contribution in [0.5, 0.6) is 0 Å². The van der Waals surface area contributed by atoms with Crippen molar-refractivity contribution in [2.45, 2.75) is 59.4 Å². The molecule has 1 aromatic heterocycles. The first kappa shape index (κ1) is 16.7. The summed E-state index contributed by atoms with van der Waals surface area (Å²) in [4.78, 5) is 9.23. The maximum atomic E-state index is 9.11. The molecule has 5 nitrogen and oxygen atoms in total. The molecule has 0 fully saturated rings. The predicted octanol–water partition coefficient (Wildman–Crippen LogP) is 2.91. The molecule has 0 amide bonds. The lowest BCUT2D eigenvalue weighted by atomic mass is 10.1. The summed E-state index contributed by atoms with van der Waals surface area (Å²) in [6.07, 6.45) is 1.69. The lowest BCUT2D eigenvalue weighted by molar-refractivity contribution is 0.278. The maximum absolute atomic E-state index is 9.11. The van der Waals surface area contributed by atoms with Gasteiger partial charge in [0.1, 0.15) is 17.5 Å². The fourth-order valence-corrected chi connectivity index (χ4v) is 2.00. The van der Waals surface area contributed by atoms with Gasteiger partial charge in [0.15, 0.2) is 0 Å². The number of aromatic nitrogens is 2. The molecule has 0 aliphatic rings. The molecule has 1 atom stereocenters. The van der Waals surface area contributed by atoms with Crippen LogP contribution in [0.1, 0.15) is 57.8 Å². The van der Waals surface area contributed by atoms with Crippen LogP contribution in [0.3, 0.4) is 0 Å². The third kappa shape index (κ3) is 4.34. The van der Waals surface area contributed by atoms with E-state index in [4.69, 9.17) is 5.11 Å². The van der Waals surface area contributed by atoms with Gasteiger partial charge in [-0.25, -0.2) is 9.97 Å². The number of aliphatic hydroxyl groups is 1. The lowest BCUT2D eigenvalue weighted by Gasteiger charge is -2.20. The third-order valence-electron chi connectivity index (χ3n) is 3.33. The number of hydrogen-bond acceptors (Lipinski definition) is 5. The van der Waals surface area contributed by atoms with Gasteiger partial charge in [-0.3, -0.25) is 0 Å². The first-order chi connectivity index (χ1) is 9.53. The van der Waals surface area contributed by atoms with Crippen LogP contribution in [0.2, 0.25) is 0 Å². The minimum atomic E-state index is 0.187. The van der Waals surface area contributed by atoms with E-state index in [2.05, 4.69) is 48.3 Å². The van der Waals surface area contributed by atoms with Crippen LogP contribution in [-0.4, -0.2) is 34.3 Å². The van der Waals surface area contributed by atoms with Crippen molar-refractivity contribution in [3.05, 3.63) is 11.4 Å². The van der Waals surface area contributed by atoms with E-state index in [1.807, 2.05) is 6.92 Å². The van der Waals surface area contributed by atoms with Crippen LogP contribution in [0.4, 0.5) is 11.6 Å². The SMILES string of the molecule is CCNc1nc(C(C)C)nc(NC(CC)CCO)c1C.